The van der Waals surface area contributed by atoms with E-state index in [0.29, 0.717) is 0 Å². The summed E-state index contributed by atoms with van der Waals surface area (Å²) in [7, 11) is -3.98. The quantitative estimate of drug-likeness (QED) is 0.587. The fraction of sp³-hybridized carbons (Fsp3) is 0.316. The molecule has 0 bridgehead atoms. The van der Waals surface area contributed by atoms with Crippen molar-refractivity contribution >= 4 is 44.7 Å². The monoisotopic (exact) mass is 429 g/mol. The molecule has 3 heterocycles. The average molecular weight is 429 g/mol. The SMILES string of the molecule is NS(=O)(=O)c1ccc(Nc2ncc3cc4n(c3n2)C2(C=NN4)CCCCC2)c(F)c1. The standard InChI is InChI=1S/C19H20FN7O2S/c20-14-9-13(30(21,28)29)4-5-15(14)24-18-22-10-12-8-16-26-23-11-19(6-2-1-3-7-19)27(16)17(12)25-18/h4-5,8-11,26H,1-3,6-7H2,(H2,21,28,29)(H,22,24,25). The lowest BCUT2D eigenvalue weighted by molar-refractivity contribution is 0.293. The van der Waals surface area contributed by atoms with Crippen molar-refractivity contribution in [2.75, 3.05) is 10.7 Å². The van der Waals surface area contributed by atoms with E-state index in [0.717, 1.165) is 48.6 Å². The van der Waals surface area contributed by atoms with E-state index in [-0.39, 0.29) is 22.1 Å². The molecule has 4 N–H and O–H groups in total. The van der Waals surface area contributed by atoms with Gasteiger partial charge in [0.1, 0.15) is 17.3 Å². The number of rotatable bonds is 3. The van der Waals surface area contributed by atoms with Crippen LogP contribution in [0.5, 0.6) is 0 Å². The smallest absolute Gasteiger partial charge is 0.238 e. The third-order valence-corrected chi connectivity index (χ3v) is 6.62. The van der Waals surface area contributed by atoms with Crippen LogP contribution in [0.25, 0.3) is 11.0 Å². The molecule has 0 amide bonds. The summed E-state index contributed by atoms with van der Waals surface area (Å²) >= 11 is 0. The van der Waals surface area contributed by atoms with Crippen LogP contribution in [0.15, 0.2) is 40.5 Å². The first-order valence-electron chi connectivity index (χ1n) is 9.64. The molecule has 0 unspecified atom stereocenters. The molecule has 11 heteroatoms. The predicted octanol–water partition coefficient (Wildman–Crippen LogP) is 3.03. The fourth-order valence-electron chi connectivity index (χ4n) is 4.27. The Labute approximate surface area is 172 Å². The second-order valence-corrected chi connectivity index (χ2v) is 9.24. The molecule has 1 aliphatic carbocycles. The molecule has 1 spiro atoms. The summed E-state index contributed by atoms with van der Waals surface area (Å²) in [5, 5.41) is 13.1. The van der Waals surface area contributed by atoms with E-state index in [1.807, 2.05) is 12.3 Å². The van der Waals surface area contributed by atoms with E-state index in [4.69, 9.17) is 5.14 Å². The van der Waals surface area contributed by atoms with E-state index < -0.39 is 15.8 Å². The van der Waals surface area contributed by atoms with Gasteiger partial charge in [0.15, 0.2) is 0 Å². The normalized spacial score (nSPS) is 17.7. The molecule has 30 heavy (non-hydrogen) atoms. The van der Waals surface area contributed by atoms with Crippen molar-refractivity contribution in [3.8, 4) is 0 Å². The Morgan fingerprint density at radius 3 is 2.73 bits per heavy atom. The minimum Gasteiger partial charge on any atom is -0.322 e. The number of benzene rings is 1. The number of primary sulfonamides is 1. The maximum Gasteiger partial charge on any atom is 0.238 e. The number of aromatic nitrogens is 3. The highest BCUT2D eigenvalue weighted by Crippen LogP contribution is 2.41. The highest BCUT2D eigenvalue weighted by atomic mass is 32.2. The second kappa shape index (κ2) is 6.74. The summed E-state index contributed by atoms with van der Waals surface area (Å²) < 4.78 is 39.4. The van der Waals surface area contributed by atoms with E-state index in [9.17, 15) is 12.8 Å². The van der Waals surface area contributed by atoms with Crippen LogP contribution in [0.1, 0.15) is 32.1 Å². The van der Waals surface area contributed by atoms with E-state index in [1.165, 1.54) is 18.6 Å². The van der Waals surface area contributed by atoms with Crippen molar-refractivity contribution in [1.82, 2.24) is 14.5 Å². The number of nitrogens with two attached hydrogens (primary N) is 1. The zero-order valence-electron chi connectivity index (χ0n) is 16.0. The molecule has 3 aromatic rings. The second-order valence-electron chi connectivity index (χ2n) is 7.68. The lowest BCUT2D eigenvalue weighted by Crippen LogP contribution is -2.40. The fourth-order valence-corrected chi connectivity index (χ4v) is 4.80. The molecule has 1 saturated carbocycles. The first kappa shape index (κ1) is 18.9. The van der Waals surface area contributed by atoms with Crippen molar-refractivity contribution in [1.29, 1.82) is 0 Å². The van der Waals surface area contributed by atoms with Crippen LogP contribution in [-0.2, 0) is 15.6 Å². The number of halogens is 1. The maximum absolute atomic E-state index is 14.4. The number of nitrogens with zero attached hydrogens (tertiary/aromatic N) is 4. The van der Waals surface area contributed by atoms with Gasteiger partial charge in [0.2, 0.25) is 16.0 Å². The molecule has 2 aliphatic rings. The average Bonchev–Trinajstić information content (AvgIpc) is 3.09. The molecule has 1 aromatic carbocycles. The van der Waals surface area contributed by atoms with Crippen molar-refractivity contribution < 1.29 is 12.8 Å². The van der Waals surface area contributed by atoms with Crippen LogP contribution < -0.4 is 15.9 Å². The van der Waals surface area contributed by atoms with Crippen LogP contribution in [0.3, 0.4) is 0 Å². The van der Waals surface area contributed by atoms with Crippen LogP contribution in [0, 0.1) is 5.82 Å². The van der Waals surface area contributed by atoms with Crippen LogP contribution in [0.4, 0.5) is 21.8 Å². The van der Waals surface area contributed by atoms with Gasteiger partial charge < -0.3 is 5.32 Å². The van der Waals surface area contributed by atoms with E-state index in [1.54, 1.807) is 6.20 Å². The number of nitrogens with one attached hydrogen (secondary N) is 2. The van der Waals surface area contributed by atoms with Gasteiger partial charge in [-0.25, -0.2) is 22.9 Å². The van der Waals surface area contributed by atoms with Gasteiger partial charge in [-0.15, -0.1) is 0 Å². The Kier molecular flexibility index (Phi) is 4.26. The van der Waals surface area contributed by atoms with Crippen molar-refractivity contribution in [3.63, 3.8) is 0 Å². The summed E-state index contributed by atoms with van der Waals surface area (Å²) in [4.78, 5) is 8.61. The molecule has 0 saturated heterocycles. The van der Waals surface area contributed by atoms with E-state index in [2.05, 4.69) is 30.4 Å². The van der Waals surface area contributed by atoms with Gasteiger partial charge in [-0.3, -0.25) is 9.99 Å². The summed E-state index contributed by atoms with van der Waals surface area (Å²) in [6.45, 7) is 0. The highest BCUT2D eigenvalue weighted by Gasteiger charge is 2.37. The van der Waals surface area contributed by atoms with Gasteiger partial charge >= 0.3 is 0 Å². The zero-order valence-corrected chi connectivity index (χ0v) is 16.8. The Hall–Kier alpha value is -3.05. The predicted molar refractivity (Wildman–Crippen MR) is 112 cm³/mol. The molecular formula is C19H20FN7O2S. The van der Waals surface area contributed by atoms with Crippen LogP contribution in [0.2, 0.25) is 0 Å². The first-order chi connectivity index (χ1) is 14.4. The van der Waals surface area contributed by atoms with Gasteiger partial charge in [-0.2, -0.15) is 10.1 Å². The zero-order chi connectivity index (χ0) is 20.9. The van der Waals surface area contributed by atoms with Crippen molar-refractivity contribution in [2.45, 2.75) is 42.5 Å². The largest absolute Gasteiger partial charge is 0.322 e. The van der Waals surface area contributed by atoms with Gasteiger partial charge in [0.25, 0.3) is 0 Å². The van der Waals surface area contributed by atoms with Gasteiger partial charge in [-0.05, 0) is 37.1 Å². The van der Waals surface area contributed by atoms with Crippen molar-refractivity contribution in [2.24, 2.45) is 10.2 Å². The molecule has 1 fully saturated rings. The molecular weight excluding hydrogens is 409 g/mol. The number of anilines is 3. The van der Waals surface area contributed by atoms with Crippen LogP contribution in [-0.4, -0.2) is 29.2 Å². The molecule has 5 rings (SSSR count). The van der Waals surface area contributed by atoms with Gasteiger partial charge in [0.05, 0.1) is 22.3 Å². The molecule has 2 aromatic heterocycles. The Morgan fingerprint density at radius 1 is 1.20 bits per heavy atom. The van der Waals surface area contributed by atoms with Gasteiger partial charge in [0, 0.05) is 11.6 Å². The number of sulfonamides is 1. The number of hydrazone groups is 1. The third-order valence-electron chi connectivity index (χ3n) is 5.71. The lowest BCUT2D eigenvalue weighted by Gasteiger charge is -2.38. The topological polar surface area (TPSA) is 127 Å². The van der Waals surface area contributed by atoms with Crippen LogP contribution >= 0.6 is 0 Å². The molecule has 9 nitrogen and oxygen atoms in total. The minimum atomic E-state index is -3.98. The Bertz CT molecular complexity index is 1280. The highest BCUT2D eigenvalue weighted by molar-refractivity contribution is 7.89. The summed E-state index contributed by atoms with van der Waals surface area (Å²) in [6.07, 6.45) is 9.01. The maximum atomic E-state index is 14.4. The number of fused-ring (bicyclic) bond motifs is 4. The Morgan fingerprint density at radius 2 is 2.00 bits per heavy atom. The minimum absolute atomic E-state index is 0.0549. The molecule has 156 valence electrons. The van der Waals surface area contributed by atoms with E-state index >= 15 is 0 Å². The lowest BCUT2D eigenvalue weighted by atomic mass is 9.82. The van der Waals surface area contributed by atoms with Crippen molar-refractivity contribution in [3.05, 3.63) is 36.3 Å². The summed E-state index contributed by atoms with van der Waals surface area (Å²) in [5.74, 6) is 0.295. The molecule has 0 radical (unpaired) electrons. The number of hydrogen-bond acceptors (Lipinski definition) is 7. The molecule has 1 aliphatic heterocycles. The number of hydrogen-bond donors (Lipinski definition) is 3. The summed E-state index contributed by atoms with van der Waals surface area (Å²) in [5.41, 5.74) is 3.59. The van der Waals surface area contributed by atoms with Gasteiger partial charge in [-0.1, -0.05) is 19.3 Å². The molecule has 0 atom stereocenters. The summed E-state index contributed by atoms with van der Waals surface area (Å²) in [6, 6.07) is 5.35. The third kappa shape index (κ3) is 3.10. The first-order valence-corrected chi connectivity index (χ1v) is 11.2. The Balaban J connectivity index is 1.54.